The number of halogens is 1. The molecule has 0 amide bonds. The second kappa shape index (κ2) is 3.71. The Hall–Kier alpha value is -2.14. The van der Waals surface area contributed by atoms with Crippen molar-refractivity contribution < 1.29 is 4.52 Å². The van der Waals surface area contributed by atoms with Crippen molar-refractivity contribution in [3.05, 3.63) is 45.8 Å². The molecular formula is C11H6ClN3O2. The zero-order chi connectivity index (χ0) is 11.8. The Morgan fingerprint density at radius 2 is 2.00 bits per heavy atom. The number of nitrogens with one attached hydrogen (secondary N) is 1. The summed E-state index contributed by atoms with van der Waals surface area (Å²) < 4.78 is 5.05. The Bertz CT molecular complexity index is 730. The Morgan fingerprint density at radius 3 is 2.76 bits per heavy atom. The number of aromatic nitrogens is 3. The summed E-state index contributed by atoms with van der Waals surface area (Å²) in [6.45, 7) is 0. The van der Waals surface area contributed by atoms with Crippen molar-refractivity contribution >= 4 is 22.6 Å². The Kier molecular flexibility index (Phi) is 2.19. The average molecular weight is 248 g/mol. The van der Waals surface area contributed by atoms with Crippen LogP contribution in [0.4, 0.5) is 0 Å². The van der Waals surface area contributed by atoms with Crippen LogP contribution in [0.25, 0.3) is 22.2 Å². The van der Waals surface area contributed by atoms with Crippen LogP contribution in [0.5, 0.6) is 0 Å². The minimum Gasteiger partial charge on any atom is -0.354 e. The van der Waals surface area contributed by atoms with Gasteiger partial charge in [-0.15, -0.1) is 0 Å². The normalized spacial score (nSPS) is 10.9. The van der Waals surface area contributed by atoms with Gasteiger partial charge >= 0.3 is 0 Å². The van der Waals surface area contributed by atoms with Gasteiger partial charge in [-0.2, -0.15) is 5.10 Å². The molecule has 0 aliphatic carbocycles. The molecular weight excluding hydrogens is 242 g/mol. The highest BCUT2D eigenvalue weighted by Gasteiger charge is 2.13. The largest absolute Gasteiger partial charge is 0.354 e. The third-order valence-electron chi connectivity index (χ3n) is 2.41. The van der Waals surface area contributed by atoms with Gasteiger partial charge in [0.1, 0.15) is 11.1 Å². The molecule has 0 saturated heterocycles. The first kappa shape index (κ1) is 10.0. The van der Waals surface area contributed by atoms with E-state index in [1.165, 1.54) is 6.20 Å². The van der Waals surface area contributed by atoms with Gasteiger partial charge in [0.2, 0.25) is 0 Å². The van der Waals surface area contributed by atoms with Crippen molar-refractivity contribution in [1.82, 2.24) is 15.4 Å². The number of H-pyrrole nitrogens is 1. The number of hydrogen-bond acceptors (Lipinski definition) is 4. The molecule has 0 unspecified atom stereocenters. The molecule has 0 spiro atoms. The summed E-state index contributed by atoms with van der Waals surface area (Å²) in [6, 6.07) is 7.01. The first-order valence-corrected chi connectivity index (χ1v) is 5.22. The van der Waals surface area contributed by atoms with Gasteiger partial charge < -0.3 is 4.52 Å². The lowest BCUT2D eigenvalue weighted by molar-refractivity contribution is 0.458. The maximum absolute atomic E-state index is 11.7. The van der Waals surface area contributed by atoms with E-state index in [0.29, 0.717) is 21.7 Å². The number of rotatable bonds is 1. The van der Waals surface area contributed by atoms with Crippen LogP contribution in [-0.2, 0) is 0 Å². The molecule has 3 aromatic rings. The molecule has 84 valence electrons. The smallest absolute Gasteiger partial charge is 0.277 e. The van der Waals surface area contributed by atoms with Crippen LogP contribution in [0.1, 0.15) is 0 Å². The van der Waals surface area contributed by atoms with Gasteiger partial charge in [0.05, 0.1) is 6.20 Å². The van der Waals surface area contributed by atoms with Crippen molar-refractivity contribution in [3.8, 4) is 11.3 Å². The molecule has 0 bridgehead atoms. The third-order valence-corrected chi connectivity index (χ3v) is 2.66. The summed E-state index contributed by atoms with van der Waals surface area (Å²) >= 11 is 5.80. The van der Waals surface area contributed by atoms with E-state index in [1.54, 1.807) is 24.3 Å². The monoisotopic (exact) mass is 247 g/mol. The van der Waals surface area contributed by atoms with E-state index in [-0.39, 0.29) is 5.56 Å². The lowest BCUT2D eigenvalue weighted by Gasteiger charge is -1.95. The van der Waals surface area contributed by atoms with Crippen LogP contribution in [-0.4, -0.2) is 15.4 Å². The van der Waals surface area contributed by atoms with Crippen LogP contribution in [0, 0.1) is 0 Å². The predicted molar refractivity (Wildman–Crippen MR) is 62.9 cm³/mol. The van der Waals surface area contributed by atoms with Crippen LogP contribution in [0.2, 0.25) is 5.02 Å². The van der Waals surface area contributed by atoms with Crippen molar-refractivity contribution in [1.29, 1.82) is 0 Å². The summed E-state index contributed by atoms with van der Waals surface area (Å²) in [4.78, 5) is 11.7. The van der Waals surface area contributed by atoms with Crippen LogP contribution in [0.3, 0.4) is 0 Å². The fourth-order valence-corrected chi connectivity index (χ4v) is 1.75. The summed E-state index contributed by atoms with van der Waals surface area (Å²) in [5, 5.41) is 10.9. The highest BCUT2D eigenvalue weighted by atomic mass is 35.5. The molecule has 6 heteroatoms. The molecule has 2 heterocycles. The molecule has 0 fully saturated rings. The summed E-state index contributed by atoms with van der Waals surface area (Å²) in [5.41, 5.74) is 1.29. The zero-order valence-corrected chi connectivity index (χ0v) is 9.23. The highest BCUT2D eigenvalue weighted by molar-refractivity contribution is 6.30. The lowest BCUT2D eigenvalue weighted by atomic mass is 10.1. The molecule has 0 radical (unpaired) electrons. The van der Waals surface area contributed by atoms with Gasteiger partial charge in [0.25, 0.3) is 5.56 Å². The van der Waals surface area contributed by atoms with Gasteiger partial charge in [-0.1, -0.05) is 28.9 Å². The number of hydrogen-bond donors (Lipinski definition) is 1. The first-order valence-electron chi connectivity index (χ1n) is 4.85. The zero-order valence-electron chi connectivity index (χ0n) is 8.48. The van der Waals surface area contributed by atoms with Gasteiger partial charge in [0.15, 0.2) is 5.58 Å². The quantitative estimate of drug-likeness (QED) is 0.716. The second-order valence-corrected chi connectivity index (χ2v) is 3.91. The fourth-order valence-electron chi connectivity index (χ4n) is 1.62. The van der Waals surface area contributed by atoms with Crippen molar-refractivity contribution in [2.24, 2.45) is 0 Å². The third kappa shape index (κ3) is 1.60. The maximum Gasteiger partial charge on any atom is 0.277 e. The summed E-state index contributed by atoms with van der Waals surface area (Å²) in [7, 11) is 0. The summed E-state index contributed by atoms with van der Waals surface area (Å²) in [5.74, 6) is 0. The van der Waals surface area contributed by atoms with Crippen LogP contribution in [0.15, 0.2) is 39.8 Å². The number of aromatic amines is 1. The summed E-state index contributed by atoms with van der Waals surface area (Å²) in [6.07, 6.45) is 1.42. The standard InChI is InChI=1S/C11H6ClN3O2/c12-7-3-1-6(2-4-7)10-9-8(17-15-10)5-13-14-11(9)16/h1-5H,(H,14,16). The van der Waals surface area contributed by atoms with E-state index in [1.807, 2.05) is 0 Å². The number of fused-ring (bicyclic) bond motifs is 1. The first-order chi connectivity index (χ1) is 8.25. The minimum absolute atomic E-state index is 0.325. The molecule has 17 heavy (non-hydrogen) atoms. The van der Waals surface area contributed by atoms with Gasteiger partial charge in [0, 0.05) is 10.6 Å². The molecule has 2 aromatic heterocycles. The number of benzene rings is 1. The fraction of sp³-hybridized carbons (Fsp3) is 0. The SMILES string of the molecule is O=c1[nH]ncc2onc(-c3ccc(Cl)cc3)c12. The van der Waals surface area contributed by atoms with Crippen molar-refractivity contribution in [3.63, 3.8) is 0 Å². The van der Waals surface area contributed by atoms with E-state index in [4.69, 9.17) is 16.1 Å². The molecule has 1 aromatic carbocycles. The number of nitrogens with zero attached hydrogens (tertiary/aromatic N) is 2. The van der Waals surface area contributed by atoms with Crippen molar-refractivity contribution in [2.75, 3.05) is 0 Å². The Labute approximate surface area is 100 Å². The van der Waals surface area contributed by atoms with Crippen LogP contribution < -0.4 is 5.56 Å². The topological polar surface area (TPSA) is 71.8 Å². The lowest BCUT2D eigenvalue weighted by Crippen LogP contribution is -2.06. The predicted octanol–water partition coefficient (Wildman–Crippen LogP) is 2.23. The Balaban J connectivity index is 2.31. The highest BCUT2D eigenvalue weighted by Crippen LogP contribution is 2.25. The van der Waals surface area contributed by atoms with E-state index >= 15 is 0 Å². The minimum atomic E-state index is -0.325. The van der Waals surface area contributed by atoms with Gasteiger partial charge in [-0.25, -0.2) is 5.10 Å². The molecule has 0 aliphatic rings. The molecule has 5 nitrogen and oxygen atoms in total. The van der Waals surface area contributed by atoms with E-state index < -0.39 is 0 Å². The van der Waals surface area contributed by atoms with Crippen molar-refractivity contribution in [2.45, 2.75) is 0 Å². The average Bonchev–Trinajstić information content (AvgIpc) is 2.75. The molecule has 3 rings (SSSR count). The molecule has 0 aliphatic heterocycles. The Morgan fingerprint density at radius 1 is 1.24 bits per heavy atom. The maximum atomic E-state index is 11.7. The van der Waals surface area contributed by atoms with E-state index in [0.717, 1.165) is 5.56 Å². The molecule has 1 N–H and O–H groups in total. The molecule has 0 saturated carbocycles. The van der Waals surface area contributed by atoms with Crippen LogP contribution >= 0.6 is 11.6 Å². The van der Waals surface area contributed by atoms with Gasteiger partial charge in [-0.3, -0.25) is 4.79 Å². The van der Waals surface area contributed by atoms with Gasteiger partial charge in [-0.05, 0) is 12.1 Å². The molecule has 0 atom stereocenters. The van der Waals surface area contributed by atoms with E-state index in [2.05, 4.69) is 15.4 Å². The van der Waals surface area contributed by atoms with E-state index in [9.17, 15) is 4.79 Å². The second-order valence-electron chi connectivity index (χ2n) is 3.48.